The van der Waals surface area contributed by atoms with Crippen molar-refractivity contribution < 1.29 is 4.52 Å². The first-order valence-electron chi connectivity index (χ1n) is 6.70. The van der Waals surface area contributed by atoms with Gasteiger partial charge in [-0.3, -0.25) is 0 Å². The highest BCUT2D eigenvalue weighted by atomic mass is 16.5. The van der Waals surface area contributed by atoms with Crippen molar-refractivity contribution in [2.75, 3.05) is 0 Å². The molecular formula is C15H13N5O. The third-order valence-electron chi connectivity index (χ3n) is 3.61. The van der Waals surface area contributed by atoms with Crippen LogP contribution in [0.1, 0.15) is 18.9 Å². The van der Waals surface area contributed by atoms with E-state index in [1.807, 2.05) is 48.1 Å². The molecule has 1 N–H and O–H groups in total. The zero-order chi connectivity index (χ0) is 14.2. The van der Waals surface area contributed by atoms with E-state index in [1.165, 1.54) is 0 Å². The zero-order valence-corrected chi connectivity index (χ0v) is 11.4. The fraction of sp³-hybridized carbons (Fsp3) is 0.133. The Morgan fingerprint density at radius 2 is 2.24 bits per heavy atom. The van der Waals surface area contributed by atoms with Crippen LogP contribution in [-0.2, 0) is 0 Å². The fourth-order valence-electron chi connectivity index (χ4n) is 2.42. The number of nitrogens with one attached hydrogen (secondary N) is 1. The van der Waals surface area contributed by atoms with Gasteiger partial charge in [-0.25, -0.2) is 4.98 Å². The smallest absolute Gasteiger partial charge is 0.249 e. The SMILES string of the molecule is CC(c1nc(-c2cccc3[nH]ccc23)no1)n1ccnc1. The van der Waals surface area contributed by atoms with Gasteiger partial charge in [0.15, 0.2) is 0 Å². The Morgan fingerprint density at radius 3 is 3.10 bits per heavy atom. The van der Waals surface area contributed by atoms with Gasteiger partial charge >= 0.3 is 0 Å². The maximum Gasteiger partial charge on any atom is 0.249 e. The number of benzene rings is 1. The van der Waals surface area contributed by atoms with Crippen molar-refractivity contribution in [3.8, 4) is 11.4 Å². The van der Waals surface area contributed by atoms with Gasteiger partial charge in [0.1, 0.15) is 6.04 Å². The van der Waals surface area contributed by atoms with Crippen LogP contribution in [0.3, 0.4) is 0 Å². The molecule has 4 aromatic rings. The van der Waals surface area contributed by atoms with E-state index in [0.717, 1.165) is 16.5 Å². The third kappa shape index (κ3) is 1.92. The maximum absolute atomic E-state index is 5.41. The Balaban J connectivity index is 1.76. The van der Waals surface area contributed by atoms with Crippen molar-refractivity contribution in [1.29, 1.82) is 0 Å². The zero-order valence-electron chi connectivity index (χ0n) is 11.4. The van der Waals surface area contributed by atoms with Crippen molar-refractivity contribution in [3.05, 3.63) is 55.1 Å². The van der Waals surface area contributed by atoms with Crippen LogP contribution in [0.2, 0.25) is 0 Å². The first-order chi connectivity index (χ1) is 10.3. The molecule has 1 aromatic carbocycles. The topological polar surface area (TPSA) is 72.5 Å². The number of aromatic amines is 1. The lowest BCUT2D eigenvalue weighted by molar-refractivity contribution is 0.345. The predicted octanol–water partition coefficient (Wildman–Crippen LogP) is 3.02. The van der Waals surface area contributed by atoms with E-state index in [2.05, 4.69) is 20.1 Å². The molecule has 0 bridgehead atoms. The van der Waals surface area contributed by atoms with Crippen LogP contribution in [0.5, 0.6) is 0 Å². The van der Waals surface area contributed by atoms with Gasteiger partial charge in [0, 0.05) is 35.1 Å². The van der Waals surface area contributed by atoms with Gasteiger partial charge in [0.05, 0.1) is 6.33 Å². The summed E-state index contributed by atoms with van der Waals surface area (Å²) in [6.07, 6.45) is 7.25. The van der Waals surface area contributed by atoms with E-state index in [1.54, 1.807) is 12.5 Å². The summed E-state index contributed by atoms with van der Waals surface area (Å²) in [4.78, 5) is 11.7. The number of hydrogen-bond acceptors (Lipinski definition) is 4. The third-order valence-corrected chi connectivity index (χ3v) is 3.61. The minimum absolute atomic E-state index is 0.0424. The van der Waals surface area contributed by atoms with Crippen LogP contribution < -0.4 is 0 Å². The van der Waals surface area contributed by atoms with E-state index in [4.69, 9.17) is 4.52 Å². The number of nitrogens with zero attached hydrogens (tertiary/aromatic N) is 4. The molecule has 21 heavy (non-hydrogen) atoms. The maximum atomic E-state index is 5.41. The molecule has 0 aliphatic heterocycles. The van der Waals surface area contributed by atoms with Crippen LogP contribution in [0.25, 0.3) is 22.3 Å². The van der Waals surface area contributed by atoms with E-state index in [0.29, 0.717) is 11.7 Å². The lowest BCUT2D eigenvalue weighted by Crippen LogP contribution is -2.04. The molecule has 0 saturated heterocycles. The highest BCUT2D eigenvalue weighted by molar-refractivity contribution is 5.93. The number of imidazole rings is 1. The molecule has 0 saturated carbocycles. The summed E-state index contributed by atoms with van der Waals surface area (Å²) < 4.78 is 7.33. The summed E-state index contributed by atoms with van der Waals surface area (Å²) in [5, 5.41) is 5.20. The van der Waals surface area contributed by atoms with Gasteiger partial charge in [-0.05, 0) is 19.1 Å². The Hall–Kier alpha value is -2.89. The number of H-pyrrole nitrogens is 1. The molecule has 0 aliphatic carbocycles. The van der Waals surface area contributed by atoms with Gasteiger partial charge in [-0.15, -0.1) is 0 Å². The molecule has 6 nitrogen and oxygen atoms in total. The molecule has 4 rings (SSSR count). The van der Waals surface area contributed by atoms with Gasteiger partial charge in [-0.2, -0.15) is 4.98 Å². The molecule has 0 spiro atoms. The number of hydrogen-bond donors (Lipinski definition) is 1. The largest absolute Gasteiger partial charge is 0.361 e. The highest BCUT2D eigenvalue weighted by Crippen LogP contribution is 2.27. The summed E-state index contributed by atoms with van der Waals surface area (Å²) in [5.74, 6) is 1.16. The van der Waals surface area contributed by atoms with Crippen molar-refractivity contribution in [1.82, 2.24) is 24.7 Å². The molecule has 0 aliphatic rings. The summed E-state index contributed by atoms with van der Waals surface area (Å²) in [5.41, 5.74) is 2.02. The van der Waals surface area contributed by atoms with E-state index < -0.39 is 0 Å². The van der Waals surface area contributed by atoms with Crippen molar-refractivity contribution >= 4 is 10.9 Å². The molecule has 6 heteroatoms. The average molecular weight is 279 g/mol. The highest BCUT2D eigenvalue weighted by Gasteiger charge is 2.17. The summed E-state index contributed by atoms with van der Waals surface area (Å²) in [6, 6.07) is 7.96. The van der Waals surface area contributed by atoms with Crippen molar-refractivity contribution in [3.63, 3.8) is 0 Å². The van der Waals surface area contributed by atoms with Crippen LogP contribution in [0.4, 0.5) is 0 Å². The number of fused-ring (bicyclic) bond motifs is 1. The van der Waals surface area contributed by atoms with Crippen LogP contribution in [-0.4, -0.2) is 24.7 Å². The average Bonchev–Trinajstić information content (AvgIpc) is 3.25. The molecule has 0 radical (unpaired) electrons. The summed E-state index contributed by atoms with van der Waals surface area (Å²) >= 11 is 0. The molecule has 0 fully saturated rings. The second-order valence-electron chi connectivity index (χ2n) is 4.89. The molecular weight excluding hydrogens is 266 g/mol. The van der Waals surface area contributed by atoms with E-state index >= 15 is 0 Å². The Bertz CT molecular complexity index is 874. The standard InChI is InChI=1S/C15H13N5O/c1-10(20-8-7-16-9-20)15-18-14(19-21-15)12-3-2-4-13-11(12)5-6-17-13/h2-10,17H,1H3. The van der Waals surface area contributed by atoms with Gasteiger partial charge < -0.3 is 14.1 Å². The number of rotatable bonds is 3. The fourth-order valence-corrected chi connectivity index (χ4v) is 2.42. The van der Waals surface area contributed by atoms with Gasteiger partial charge in [0.25, 0.3) is 0 Å². The minimum Gasteiger partial charge on any atom is -0.361 e. The first-order valence-corrected chi connectivity index (χ1v) is 6.70. The predicted molar refractivity (Wildman–Crippen MR) is 77.6 cm³/mol. The molecule has 1 atom stereocenters. The molecule has 3 aromatic heterocycles. The Kier molecular flexibility index (Phi) is 2.60. The first kappa shape index (κ1) is 11.9. The normalized spacial score (nSPS) is 12.8. The molecule has 1 unspecified atom stereocenters. The van der Waals surface area contributed by atoms with Crippen molar-refractivity contribution in [2.45, 2.75) is 13.0 Å². The molecule has 0 amide bonds. The molecule has 3 heterocycles. The quantitative estimate of drug-likeness (QED) is 0.625. The number of aromatic nitrogens is 5. The van der Waals surface area contributed by atoms with Gasteiger partial charge in [-0.1, -0.05) is 17.3 Å². The van der Waals surface area contributed by atoms with E-state index in [9.17, 15) is 0 Å². The summed E-state index contributed by atoms with van der Waals surface area (Å²) in [7, 11) is 0. The van der Waals surface area contributed by atoms with E-state index in [-0.39, 0.29) is 6.04 Å². The minimum atomic E-state index is -0.0424. The second kappa shape index (κ2) is 4.59. The molecule has 104 valence electrons. The lowest BCUT2D eigenvalue weighted by Gasteiger charge is -2.06. The van der Waals surface area contributed by atoms with Crippen LogP contribution in [0.15, 0.2) is 53.7 Å². The van der Waals surface area contributed by atoms with Crippen LogP contribution in [0, 0.1) is 0 Å². The lowest BCUT2D eigenvalue weighted by atomic mass is 10.1. The monoisotopic (exact) mass is 279 g/mol. The van der Waals surface area contributed by atoms with Gasteiger partial charge in [0.2, 0.25) is 11.7 Å². The Labute approximate surface area is 120 Å². The van der Waals surface area contributed by atoms with Crippen LogP contribution >= 0.6 is 0 Å². The van der Waals surface area contributed by atoms with Crippen molar-refractivity contribution in [2.24, 2.45) is 0 Å². The summed E-state index contributed by atoms with van der Waals surface area (Å²) in [6.45, 7) is 2.00. The second-order valence-corrected chi connectivity index (χ2v) is 4.89. The Morgan fingerprint density at radius 1 is 1.29 bits per heavy atom.